The van der Waals surface area contributed by atoms with E-state index in [0.717, 1.165) is 4.47 Å². The molecule has 3 rings (SSSR count). The summed E-state index contributed by atoms with van der Waals surface area (Å²) in [5.41, 5.74) is 0.623. The zero-order chi connectivity index (χ0) is 17.7. The van der Waals surface area contributed by atoms with E-state index < -0.39 is 5.60 Å². The summed E-state index contributed by atoms with van der Waals surface area (Å²) < 4.78 is 0.915. The van der Waals surface area contributed by atoms with Gasteiger partial charge in [-0.3, -0.25) is 4.79 Å². The van der Waals surface area contributed by atoms with Gasteiger partial charge in [-0.05, 0) is 47.5 Å². The minimum Gasteiger partial charge on any atom is -0.377 e. The van der Waals surface area contributed by atoms with Crippen LogP contribution in [0.1, 0.15) is 21.5 Å². The van der Waals surface area contributed by atoms with E-state index in [1.807, 2.05) is 72.8 Å². The monoisotopic (exact) mass is 392 g/mol. The van der Waals surface area contributed by atoms with Gasteiger partial charge in [-0.1, -0.05) is 76.6 Å². The predicted octanol–water partition coefficient (Wildman–Crippen LogP) is 5.12. The standard InChI is InChI=1S/C22H17BrO2/c23-20-13-11-17(12-14-20)21(24)15-16-22(25,18-7-3-1-4-8-18)19-9-5-2-6-10-19/h1-16,25H/b16-15+. The number of carbonyl (C=O) groups excluding carboxylic acids is 1. The van der Waals surface area contributed by atoms with Crippen molar-refractivity contribution in [3.8, 4) is 0 Å². The van der Waals surface area contributed by atoms with Crippen molar-refractivity contribution in [1.82, 2.24) is 0 Å². The molecule has 0 aliphatic carbocycles. The summed E-state index contributed by atoms with van der Waals surface area (Å²) in [5.74, 6) is -0.155. The van der Waals surface area contributed by atoms with E-state index in [4.69, 9.17) is 0 Å². The number of hydrogen-bond acceptors (Lipinski definition) is 2. The van der Waals surface area contributed by atoms with Gasteiger partial charge in [0.1, 0.15) is 5.60 Å². The molecule has 0 heterocycles. The minimum absolute atomic E-state index is 0.155. The van der Waals surface area contributed by atoms with Crippen molar-refractivity contribution >= 4 is 21.7 Å². The van der Waals surface area contributed by atoms with E-state index in [1.54, 1.807) is 18.2 Å². The smallest absolute Gasteiger partial charge is 0.185 e. The molecule has 0 aliphatic heterocycles. The first-order valence-corrected chi connectivity index (χ1v) is 8.71. The summed E-state index contributed by atoms with van der Waals surface area (Å²) >= 11 is 3.36. The molecule has 0 saturated carbocycles. The number of hydrogen-bond donors (Lipinski definition) is 1. The molecule has 0 unspecified atom stereocenters. The molecule has 3 aromatic carbocycles. The first-order chi connectivity index (χ1) is 12.1. The van der Waals surface area contributed by atoms with Crippen LogP contribution in [0.2, 0.25) is 0 Å². The molecule has 0 aromatic heterocycles. The lowest BCUT2D eigenvalue weighted by Gasteiger charge is -2.26. The topological polar surface area (TPSA) is 37.3 Å². The molecular weight excluding hydrogens is 376 g/mol. The van der Waals surface area contributed by atoms with E-state index in [9.17, 15) is 9.90 Å². The third-order valence-corrected chi connectivity index (χ3v) is 4.56. The van der Waals surface area contributed by atoms with E-state index >= 15 is 0 Å². The van der Waals surface area contributed by atoms with Crippen molar-refractivity contribution in [2.75, 3.05) is 0 Å². The Hall–Kier alpha value is -2.49. The molecule has 0 amide bonds. The molecule has 3 heteroatoms. The third-order valence-electron chi connectivity index (χ3n) is 4.03. The van der Waals surface area contributed by atoms with E-state index in [-0.39, 0.29) is 5.78 Å². The molecule has 0 bridgehead atoms. The van der Waals surface area contributed by atoms with Crippen LogP contribution in [0.3, 0.4) is 0 Å². The predicted molar refractivity (Wildman–Crippen MR) is 103 cm³/mol. The van der Waals surface area contributed by atoms with Crippen molar-refractivity contribution < 1.29 is 9.90 Å². The SMILES string of the molecule is O=C(/C=C/C(O)(c1ccccc1)c1ccccc1)c1ccc(Br)cc1. The van der Waals surface area contributed by atoms with Gasteiger partial charge in [-0.15, -0.1) is 0 Å². The summed E-state index contributed by atoms with van der Waals surface area (Å²) in [6.45, 7) is 0. The van der Waals surface area contributed by atoms with Crippen LogP contribution < -0.4 is 0 Å². The van der Waals surface area contributed by atoms with Gasteiger partial charge in [0.2, 0.25) is 0 Å². The van der Waals surface area contributed by atoms with Crippen LogP contribution in [0.25, 0.3) is 0 Å². The summed E-state index contributed by atoms with van der Waals surface area (Å²) in [6, 6.07) is 25.8. The number of rotatable bonds is 5. The quantitative estimate of drug-likeness (QED) is 0.482. The van der Waals surface area contributed by atoms with E-state index in [1.165, 1.54) is 6.08 Å². The van der Waals surface area contributed by atoms with Gasteiger partial charge >= 0.3 is 0 Å². The average molecular weight is 393 g/mol. The van der Waals surface area contributed by atoms with E-state index in [2.05, 4.69) is 15.9 Å². The maximum Gasteiger partial charge on any atom is 0.185 e. The number of allylic oxidation sites excluding steroid dienone is 1. The Labute approximate surface area is 155 Å². The van der Waals surface area contributed by atoms with Crippen LogP contribution in [-0.4, -0.2) is 10.9 Å². The van der Waals surface area contributed by atoms with Gasteiger partial charge in [0.25, 0.3) is 0 Å². The lowest BCUT2D eigenvalue weighted by atomic mass is 9.85. The Balaban J connectivity index is 1.98. The summed E-state index contributed by atoms with van der Waals surface area (Å²) in [4.78, 5) is 12.5. The minimum atomic E-state index is -1.37. The largest absolute Gasteiger partial charge is 0.377 e. The fourth-order valence-corrected chi connectivity index (χ4v) is 2.91. The Kier molecular flexibility index (Phi) is 5.27. The molecule has 2 nitrogen and oxygen atoms in total. The van der Waals surface area contributed by atoms with Gasteiger partial charge in [-0.25, -0.2) is 0 Å². The van der Waals surface area contributed by atoms with Crippen molar-refractivity contribution in [3.63, 3.8) is 0 Å². The Bertz CT molecular complexity index is 829. The number of ketones is 1. The second kappa shape index (κ2) is 7.60. The molecule has 0 spiro atoms. The summed E-state index contributed by atoms with van der Waals surface area (Å²) in [7, 11) is 0. The maximum absolute atomic E-state index is 12.5. The highest BCUT2D eigenvalue weighted by molar-refractivity contribution is 9.10. The van der Waals surface area contributed by atoms with Crippen LogP contribution in [0, 0.1) is 0 Å². The number of benzene rings is 3. The van der Waals surface area contributed by atoms with Crippen molar-refractivity contribution in [2.45, 2.75) is 5.60 Å². The molecule has 3 aromatic rings. The highest BCUT2D eigenvalue weighted by Crippen LogP contribution is 2.31. The molecule has 25 heavy (non-hydrogen) atoms. The zero-order valence-electron chi connectivity index (χ0n) is 13.5. The van der Waals surface area contributed by atoms with Crippen molar-refractivity contribution in [3.05, 3.63) is 118 Å². The molecular formula is C22H17BrO2. The fourth-order valence-electron chi connectivity index (χ4n) is 2.65. The van der Waals surface area contributed by atoms with Crippen molar-refractivity contribution in [2.24, 2.45) is 0 Å². The van der Waals surface area contributed by atoms with Crippen LogP contribution in [0.5, 0.6) is 0 Å². The zero-order valence-corrected chi connectivity index (χ0v) is 15.1. The van der Waals surface area contributed by atoms with Gasteiger partial charge in [0.15, 0.2) is 5.78 Å². The van der Waals surface area contributed by atoms with Crippen molar-refractivity contribution in [1.29, 1.82) is 0 Å². The van der Waals surface area contributed by atoms with Crippen LogP contribution in [0.4, 0.5) is 0 Å². The fraction of sp³-hybridized carbons (Fsp3) is 0.0455. The Morgan fingerprint density at radius 1 is 0.800 bits per heavy atom. The second-order valence-corrected chi connectivity index (χ2v) is 6.62. The molecule has 0 radical (unpaired) electrons. The summed E-state index contributed by atoms with van der Waals surface area (Å²) in [5, 5.41) is 11.3. The highest BCUT2D eigenvalue weighted by Gasteiger charge is 2.28. The van der Waals surface area contributed by atoms with Gasteiger partial charge in [-0.2, -0.15) is 0 Å². The number of halogens is 1. The average Bonchev–Trinajstić information content (AvgIpc) is 2.68. The molecule has 1 N–H and O–H groups in total. The number of carbonyl (C=O) groups is 1. The molecule has 124 valence electrons. The van der Waals surface area contributed by atoms with Gasteiger partial charge in [0, 0.05) is 10.0 Å². The lowest BCUT2D eigenvalue weighted by Crippen LogP contribution is -2.24. The first-order valence-electron chi connectivity index (χ1n) is 7.92. The highest BCUT2D eigenvalue weighted by atomic mass is 79.9. The first kappa shape index (κ1) is 17.3. The van der Waals surface area contributed by atoms with Gasteiger partial charge in [0.05, 0.1) is 0 Å². The molecule has 0 aliphatic rings. The Morgan fingerprint density at radius 3 is 1.76 bits per heavy atom. The van der Waals surface area contributed by atoms with Crippen LogP contribution in [0.15, 0.2) is 102 Å². The maximum atomic E-state index is 12.5. The normalized spacial score (nSPS) is 11.6. The van der Waals surface area contributed by atoms with Crippen LogP contribution >= 0.6 is 15.9 Å². The Morgan fingerprint density at radius 2 is 1.28 bits per heavy atom. The molecule has 0 fully saturated rings. The number of aliphatic hydroxyl groups is 1. The van der Waals surface area contributed by atoms with E-state index in [0.29, 0.717) is 16.7 Å². The molecule has 0 atom stereocenters. The third kappa shape index (κ3) is 3.95. The van der Waals surface area contributed by atoms with Crippen LogP contribution in [-0.2, 0) is 5.60 Å². The molecule has 0 saturated heterocycles. The second-order valence-electron chi connectivity index (χ2n) is 5.70. The lowest BCUT2D eigenvalue weighted by molar-refractivity contribution is 0.103. The summed E-state index contributed by atoms with van der Waals surface area (Å²) in [6.07, 6.45) is 2.99. The van der Waals surface area contributed by atoms with Gasteiger partial charge < -0.3 is 5.11 Å².